The van der Waals surface area contributed by atoms with Crippen LogP contribution in [0.15, 0.2) is 83.1 Å². The molecule has 0 aliphatic rings. The van der Waals surface area contributed by atoms with E-state index in [0.717, 1.165) is 27.0 Å². The summed E-state index contributed by atoms with van der Waals surface area (Å²) < 4.78 is 1.19. The monoisotopic (exact) mass is 431 g/mol. The Labute approximate surface area is 181 Å². The highest BCUT2D eigenvalue weighted by Gasteiger charge is 2.10. The average Bonchev–Trinajstić information content (AvgIpc) is 3.41. The van der Waals surface area contributed by atoms with Crippen LogP contribution in [-0.2, 0) is 0 Å². The van der Waals surface area contributed by atoms with Gasteiger partial charge in [0.1, 0.15) is 0 Å². The molecule has 0 atom stereocenters. The molecule has 0 saturated carbocycles. The summed E-state index contributed by atoms with van der Waals surface area (Å²) in [6.45, 7) is 0. The number of hydrogen-bond donors (Lipinski definition) is 1. The van der Waals surface area contributed by atoms with Crippen molar-refractivity contribution < 1.29 is 0 Å². The van der Waals surface area contributed by atoms with Gasteiger partial charge in [0.15, 0.2) is 10.3 Å². The van der Waals surface area contributed by atoms with Crippen molar-refractivity contribution in [3.63, 3.8) is 0 Å². The van der Waals surface area contributed by atoms with Gasteiger partial charge in [-0.25, -0.2) is 9.97 Å². The minimum atomic E-state index is 0.858. The summed E-state index contributed by atoms with van der Waals surface area (Å²) in [4.78, 5) is 10.7. The minimum absolute atomic E-state index is 0.858. The van der Waals surface area contributed by atoms with Crippen molar-refractivity contribution in [3.8, 4) is 22.4 Å². The van der Waals surface area contributed by atoms with Gasteiger partial charge < -0.3 is 5.32 Å². The SMILES string of the molecule is CSc1cccc2sc(Nc3nc(-c4ccc(-c5ccccc5)cc4)cs3)nc12. The highest BCUT2D eigenvalue weighted by atomic mass is 32.2. The largest absolute Gasteiger partial charge is 0.307 e. The van der Waals surface area contributed by atoms with E-state index in [0.29, 0.717) is 0 Å². The standard InChI is InChI=1S/C23H17N3S3/c1-27-19-8-5-9-20-21(19)25-23(29-20)26-22-24-18(14-28-22)17-12-10-16(11-13-17)15-6-3-2-4-7-15/h2-14H,1H3,(H,24,25,26). The van der Waals surface area contributed by atoms with Crippen LogP contribution in [0.4, 0.5) is 10.3 Å². The molecule has 142 valence electrons. The molecule has 2 heterocycles. The Morgan fingerprint density at radius 2 is 1.52 bits per heavy atom. The van der Waals surface area contributed by atoms with Gasteiger partial charge in [0.25, 0.3) is 0 Å². The maximum absolute atomic E-state index is 4.76. The molecule has 5 aromatic rings. The molecule has 0 radical (unpaired) electrons. The number of nitrogens with zero attached hydrogens (tertiary/aromatic N) is 2. The van der Waals surface area contributed by atoms with Crippen LogP contribution in [0.3, 0.4) is 0 Å². The Morgan fingerprint density at radius 3 is 2.31 bits per heavy atom. The molecule has 6 heteroatoms. The average molecular weight is 432 g/mol. The van der Waals surface area contributed by atoms with Crippen molar-refractivity contribution in [1.82, 2.24) is 9.97 Å². The molecule has 3 nitrogen and oxygen atoms in total. The number of rotatable bonds is 5. The van der Waals surface area contributed by atoms with Crippen molar-refractivity contribution in [3.05, 3.63) is 78.2 Å². The van der Waals surface area contributed by atoms with Crippen LogP contribution in [0.1, 0.15) is 0 Å². The fourth-order valence-corrected chi connectivity index (χ4v) is 5.46. The summed E-state index contributed by atoms with van der Waals surface area (Å²) >= 11 is 4.98. The lowest BCUT2D eigenvalue weighted by atomic mass is 10.0. The first kappa shape index (κ1) is 18.4. The summed E-state index contributed by atoms with van der Waals surface area (Å²) in [7, 11) is 0. The zero-order valence-corrected chi connectivity index (χ0v) is 18.1. The normalized spacial score (nSPS) is 11.1. The molecule has 1 N–H and O–H groups in total. The molecule has 0 saturated heterocycles. The first-order valence-electron chi connectivity index (χ1n) is 9.12. The van der Waals surface area contributed by atoms with Gasteiger partial charge in [0, 0.05) is 15.8 Å². The lowest BCUT2D eigenvalue weighted by Gasteiger charge is -2.03. The molecule has 2 aromatic heterocycles. The second-order valence-electron chi connectivity index (χ2n) is 6.43. The quantitative estimate of drug-likeness (QED) is 0.291. The summed E-state index contributed by atoms with van der Waals surface area (Å²) in [6, 6.07) is 25.3. The number of hydrogen-bond acceptors (Lipinski definition) is 6. The molecule has 0 fully saturated rings. The Hall–Kier alpha value is -2.67. The Balaban J connectivity index is 1.37. The van der Waals surface area contributed by atoms with E-state index in [-0.39, 0.29) is 0 Å². The molecule has 0 amide bonds. The number of nitrogens with one attached hydrogen (secondary N) is 1. The smallest absolute Gasteiger partial charge is 0.190 e. The van der Waals surface area contributed by atoms with Crippen LogP contribution in [0.25, 0.3) is 32.6 Å². The van der Waals surface area contributed by atoms with Crippen LogP contribution in [-0.4, -0.2) is 16.2 Å². The molecule has 0 unspecified atom stereocenters. The van der Waals surface area contributed by atoms with Gasteiger partial charge in [0.05, 0.1) is 15.9 Å². The van der Waals surface area contributed by atoms with E-state index in [4.69, 9.17) is 9.97 Å². The second-order valence-corrected chi connectivity index (χ2v) is 9.17. The van der Waals surface area contributed by atoms with E-state index in [1.165, 1.54) is 20.7 Å². The summed E-state index contributed by atoms with van der Waals surface area (Å²) in [6.07, 6.45) is 2.08. The van der Waals surface area contributed by atoms with E-state index < -0.39 is 0 Å². The van der Waals surface area contributed by atoms with Crippen molar-refractivity contribution in [2.24, 2.45) is 0 Å². The molecule has 0 aliphatic carbocycles. The zero-order chi connectivity index (χ0) is 19.6. The summed E-state index contributed by atoms with van der Waals surface area (Å²) in [5.74, 6) is 0. The van der Waals surface area contributed by atoms with Crippen LogP contribution < -0.4 is 5.32 Å². The maximum Gasteiger partial charge on any atom is 0.190 e. The predicted octanol–water partition coefficient (Wildman–Crippen LogP) is 7.55. The van der Waals surface area contributed by atoms with E-state index in [1.807, 2.05) is 6.07 Å². The van der Waals surface area contributed by atoms with E-state index >= 15 is 0 Å². The number of aromatic nitrogens is 2. The first-order valence-corrected chi connectivity index (χ1v) is 12.0. The van der Waals surface area contributed by atoms with Gasteiger partial charge in [0.2, 0.25) is 0 Å². The second kappa shape index (κ2) is 7.99. The molecule has 0 bridgehead atoms. The number of benzene rings is 3. The van der Waals surface area contributed by atoms with Crippen LogP contribution >= 0.6 is 34.4 Å². The van der Waals surface area contributed by atoms with Crippen LogP contribution in [0.5, 0.6) is 0 Å². The third-order valence-electron chi connectivity index (χ3n) is 4.61. The fraction of sp³-hybridized carbons (Fsp3) is 0.0435. The highest BCUT2D eigenvalue weighted by Crippen LogP contribution is 2.35. The molecule has 5 rings (SSSR count). The highest BCUT2D eigenvalue weighted by molar-refractivity contribution is 7.98. The molecule has 29 heavy (non-hydrogen) atoms. The first-order chi connectivity index (χ1) is 14.3. The van der Waals surface area contributed by atoms with Crippen molar-refractivity contribution in [2.75, 3.05) is 11.6 Å². The Kier molecular flexibility index (Phi) is 5.06. The van der Waals surface area contributed by atoms with E-state index in [2.05, 4.69) is 83.7 Å². The van der Waals surface area contributed by atoms with E-state index in [9.17, 15) is 0 Å². The zero-order valence-electron chi connectivity index (χ0n) is 15.6. The molecule has 0 spiro atoms. The third-order valence-corrected chi connectivity index (χ3v) is 7.07. The van der Waals surface area contributed by atoms with Crippen LogP contribution in [0, 0.1) is 0 Å². The van der Waals surface area contributed by atoms with Gasteiger partial charge in [-0.3, -0.25) is 0 Å². The lowest BCUT2D eigenvalue weighted by Crippen LogP contribution is -1.88. The Morgan fingerprint density at radius 1 is 0.759 bits per heavy atom. The van der Waals surface area contributed by atoms with Crippen LogP contribution in [0.2, 0.25) is 0 Å². The lowest BCUT2D eigenvalue weighted by molar-refractivity contribution is 1.35. The molecule has 3 aromatic carbocycles. The van der Waals surface area contributed by atoms with Gasteiger partial charge in [-0.15, -0.1) is 23.1 Å². The summed E-state index contributed by atoms with van der Waals surface area (Å²) in [5.41, 5.74) is 5.58. The molecule has 0 aliphatic heterocycles. The number of fused-ring (bicyclic) bond motifs is 1. The molecular weight excluding hydrogens is 414 g/mol. The van der Waals surface area contributed by atoms with Crippen molar-refractivity contribution >= 4 is 54.9 Å². The Bertz CT molecular complexity index is 1260. The van der Waals surface area contributed by atoms with Crippen molar-refractivity contribution in [1.29, 1.82) is 0 Å². The number of thioether (sulfide) groups is 1. The fourth-order valence-electron chi connectivity index (χ4n) is 3.16. The van der Waals surface area contributed by atoms with Crippen molar-refractivity contribution in [2.45, 2.75) is 4.90 Å². The maximum atomic E-state index is 4.76. The third kappa shape index (κ3) is 3.79. The van der Waals surface area contributed by atoms with Gasteiger partial charge >= 0.3 is 0 Å². The molecular formula is C23H17N3S3. The van der Waals surface area contributed by atoms with Gasteiger partial charge in [-0.2, -0.15) is 0 Å². The minimum Gasteiger partial charge on any atom is -0.307 e. The topological polar surface area (TPSA) is 37.8 Å². The number of anilines is 2. The van der Waals surface area contributed by atoms with Gasteiger partial charge in [-0.1, -0.05) is 72.0 Å². The predicted molar refractivity (Wildman–Crippen MR) is 128 cm³/mol. The van der Waals surface area contributed by atoms with E-state index in [1.54, 1.807) is 34.4 Å². The number of thiazole rings is 2. The van der Waals surface area contributed by atoms with Gasteiger partial charge in [-0.05, 0) is 29.5 Å². The summed E-state index contributed by atoms with van der Waals surface area (Å²) in [5, 5.41) is 7.20. The number of para-hydroxylation sites is 1.